The van der Waals surface area contributed by atoms with Crippen LogP contribution in [0.3, 0.4) is 0 Å². The highest BCUT2D eigenvalue weighted by Gasteiger charge is 2.55. The van der Waals surface area contributed by atoms with Crippen molar-refractivity contribution < 1.29 is 18.8 Å². The lowest BCUT2D eigenvalue weighted by Gasteiger charge is -2.27. The maximum Gasteiger partial charge on any atom is 0.243 e. The third-order valence-electron chi connectivity index (χ3n) is 7.34. The molecule has 0 unspecified atom stereocenters. The Labute approximate surface area is 214 Å². The largest absolute Gasteiger partial charge is 0.348 e. The van der Waals surface area contributed by atoms with Gasteiger partial charge in [-0.05, 0) is 69.7 Å². The first-order valence-corrected chi connectivity index (χ1v) is 12.5. The van der Waals surface area contributed by atoms with Gasteiger partial charge < -0.3 is 14.8 Å². The molecular weight excluding hydrogens is 473 g/mol. The number of amides is 2. The fraction of sp³-hybridized carbons (Fsp3) is 0.393. The van der Waals surface area contributed by atoms with Gasteiger partial charge in [-0.25, -0.2) is 14.4 Å². The molecular formula is C28H30FN5O3. The molecule has 9 heteroatoms. The van der Waals surface area contributed by atoms with E-state index in [9.17, 15) is 18.8 Å². The smallest absolute Gasteiger partial charge is 0.243 e. The molecule has 1 saturated heterocycles. The van der Waals surface area contributed by atoms with Crippen LogP contribution in [0, 0.1) is 12.8 Å². The third kappa shape index (κ3) is 4.77. The molecule has 1 N–H and O–H groups in total. The average molecular weight is 504 g/mol. The van der Waals surface area contributed by atoms with Crippen molar-refractivity contribution in [2.24, 2.45) is 5.92 Å². The molecule has 1 saturated carbocycles. The minimum atomic E-state index is -0.608. The zero-order valence-corrected chi connectivity index (χ0v) is 21.4. The summed E-state index contributed by atoms with van der Waals surface area (Å²) in [6, 6.07) is 5.16. The van der Waals surface area contributed by atoms with Crippen LogP contribution in [-0.4, -0.2) is 55.7 Å². The molecule has 2 aromatic heterocycles. The van der Waals surface area contributed by atoms with E-state index < -0.39 is 6.04 Å². The van der Waals surface area contributed by atoms with Gasteiger partial charge in [0.15, 0.2) is 5.78 Å². The SMILES string of the molecule is CC(=O)c1cn(CC(=O)N2[C@@H]3C[C@@H]3C[C@H]2C(=O)NCC(F)=C(C)C)c2ccc(-c3cnc(C)nc3)cc12. The highest BCUT2D eigenvalue weighted by molar-refractivity contribution is 6.08. The van der Waals surface area contributed by atoms with E-state index in [1.54, 1.807) is 41.9 Å². The minimum Gasteiger partial charge on any atom is -0.348 e. The third-order valence-corrected chi connectivity index (χ3v) is 7.34. The van der Waals surface area contributed by atoms with Crippen LogP contribution >= 0.6 is 0 Å². The van der Waals surface area contributed by atoms with Gasteiger partial charge in [-0.1, -0.05) is 6.07 Å². The molecule has 192 valence electrons. The van der Waals surface area contributed by atoms with Crippen LogP contribution in [0.1, 0.15) is 49.8 Å². The van der Waals surface area contributed by atoms with Gasteiger partial charge in [-0.15, -0.1) is 0 Å². The molecule has 37 heavy (non-hydrogen) atoms. The standard InChI is InChI=1S/C28H30FN5O3/c1-15(2)23(29)12-32-28(37)26-9-19-8-25(19)34(26)27(36)14-33-13-22(16(3)35)21-7-18(5-6-24(21)33)20-10-30-17(4)31-11-20/h5-7,10-11,13,19,25-26H,8-9,12,14H2,1-4H3,(H,32,37)/t19-,25-,26+/m1/s1. The summed E-state index contributed by atoms with van der Waals surface area (Å²) >= 11 is 0. The topological polar surface area (TPSA) is 97.2 Å². The number of likely N-dealkylation sites (tertiary alicyclic amines) is 1. The van der Waals surface area contributed by atoms with E-state index in [2.05, 4.69) is 15.3 Å². The fourth-order valence-electron chi connectivity index (χ4n) is 5.17. The lowest BCUT2D eigenvalue weighted by atomic mass is 10.0. The van der Waals surface area contributed by atoms with E-state index in [1.165, 1.54) is 6.92 Å². The molecule has 0 radical (unpaired) electrons. The van der Waals surface area contributed by atoms with Crippen molar-refractivity contribution in [1.29, 1.82) is 0 Å². The van der Waals surface area contributed by atoms with Gasteiger partial charge in [0.05, 0.1) is 6.54 Å². The number of piperidine rings is 1. The number of halogens is 1. The average Bonchev–Trinajstić information content (AvgIpc) is 3.38. The summed E-state index contributed by atoms with van der Waals surface area (Å²) in [6.45, 7) is 6.45. The van der Waals surface area contributed by atoms with E-state index in [0.717, 1.165) is 28.5 Å². The Balaban J connectivity index is 1.40. The molecule has 2 aliphatic rings. The first-order valence-electron chi connectivity index (χ1n) is 12.5. The summed E-state index contributed by atoms with van der Waals surface area (Å²) in [4.78, 5) is 49.0. The van der Waals surface area contributed by atoms with E-state index in [0.29, 0.717) is 29.3 Å². The summed E-state index contributed by atoms with van der Waals surface area (Å²) in [7, 11) is 0. The number of nitrogens with one attached hydrogen (secondary N) is 1. The van der Waals surface area contributed by atoms with Gasteiger partial charge in [0, 0.05) is 46.7 Å². The van der Waals surface area contributed by atoms with Crippen LogP contribution in [0.2, 0.25) is 0 Å². The number of aromatic nitrogens is 3. The number of aryl methyl sites for hydroxylation is 1. The Morgan fingerprint density at radius 2 is 1.81 bits per heavy atom. The number of carbonyl (C=O) groups is 3. The number of carbonyl (C=O) groups excluding carboxylic acids is 3. The number of fused-ring (bicyclic) bond motifs is 2. The summed E-state index contributed by atoms with van der Waals surface area (Å²) in [6.07, 6.45) is 6.66. The normalized spacial score (nSPS) is 20.0. The quantitative estimate of drug-likeness (QED) is 0.492. The molecule has 0 bridgehead atoms. The maximum atomic E-state index is 13.9. The predicted octanol–water partition coefficient (Wildman–Crippen LogP) is 3.98. The summed E-state index contributed by atoms with van der Waals surface area (Å²) in [5.41, 5.74) is 3.51. The van der Waals surface area contributed by atoms with Crippen LogP contribution < -0.4 is 5.32 Å². The van der Waals surface area contributed by atoms with Gasteiger partial charge >= 0.3 is 0 Å². The second-order valence-corrected chi connectivity index (χ2v) is 10.2. The Bertz CT molecular complexity index is 1440. The maximum absolute atomic E-state index is 13.9. The van der Waals surface area contributed by atoms with Gasteiger partial charge in [0.1, 0.15) is 24.2 Å². The second-order valence-electron chi connectivity index (χ2n) is 10.2. The van der Waals surface area contributed by atoms with Crippen molar-refractivity contribution in [2.45, 2.75) is 59.2 Å². The molecule has 3 heterocycles. The number of nitrogens with zero attached hydrogens (tertiary/aromatic N) is 4. The summed E-state index contributed by atoms with van der Waals surface area (Å²) in [5.74, 6) is -0.00849. The molecule has 5 rings (SSSR count). The Morgan fingerprint density at radius 3 is 2.49 bits per heavy atom. The van der Waals surface area contributed by atoms with Crippen LogP contribution in [0.5, 0.6) is 0 Å². The lowest BCUT2D eigenvalue weighted by molar-refractivity contribution is -0.140. The van der Waals surface area contributed by atoms with Crippen molar-refractivity contribution in [1.82, 2.24) is 24.8 Å². The van der Waals surface area contributed by atoms with Crippen molar-refractivity contribution in [3.8, 4) is 11.1 Å². The molecule has 1 aliphatic heterocycles. The minimum absolute atomic E-state index is 0.00605. The number of benzene rings is 1. The zero-order valence-electron chi connectivity index (χ0n) is 21.4. The molecule has 3 aromatic rings. The van der Waals surface area contributed by atoms with Crippen molar-refractivity contribution >= 4 is 28.5 Å². The zero-order chi connectivity index (χ0) is 26.4. The van der Waals surface area contributed by atoms with E-state index in [1.807, 2.05) is 25.1 Å². The Hall–Kier alpha value is -3.88. The number of Topliss-reactive ketones (excluding diaryl/α,β-unsaturated/α-hetero) is 1. The molecule has 2 amide bonds. The molecule has 1 aromatic carbocycles. The molecule has 2 fully saturated rings. The monoisotopic (exact) mass is 503 g/mol. The van der Waals surface area contributed by atoms with Crippen LogP contribution in [0.4, 0.5) is 4.39 Å². The number of rotatable bonds is 7. The summed E-state index contributed by atoms with van der Waals surface area (Å²) in [5, 5.41) is 3.39. The highest BCUT2D eigenvalue weighted by atomic mass is 19.1. The first-order chi connectivity index (χ1) is 17.6. The van der Waals surface area contributed by atoms with Crippen LogP contribution in [-0.2, 0) is 16.1 Å². The van der Waals surface area contributed by atoms with Crippen LogP contribution in [0.25, 0.3) is 22.0 Å². The highest BCUT2D eigenvalue weighted by Crippen LogP contribution is 2.48. The number of ketones is 1. The molecule has 0 spiro atoms. The van der Waals surface area contributed by atoms with Gasteiger partial charge in [0.25, 0.3) is 0 Å². The van der Waals surface area contributed by atoms with E-state index >= 15 is 0 Å². The number of hydrogen-bond donors (Lipinski definition) is 1. The fourth-order valence-corrected chi connectivity index (χ4v) is 5.17. The van der Waals surface area contributed by atoms with Crippen molar-refractivity contribution in [3.05, 3.63) is 59.6 Å². The van der Waals surface area contributed by atoms with Crippen molar-refractivity contribution in [2.75, 3.05) is 6.54 Å². The number of hydrogen-bond acceptors (Lipinski definition) is 5. The lowest BCUT2D eigenvalue weighted by Crippen LogP contribution is -2.49. The molecule has 8 nitrogen and oxygen atoms in total. The Morgan fingerprint density at radius 1 is 1.08 bits per heavy atom. The van der Waals surface area contributed by atoms with Gasteiger partial charge in [-0.3, -0.25) is 14.4 Å². The van der Waals surface area contributed by atoms with Gasteiger partial charge in [0.2, 0.25) is 11.8 Å². The molecule has 1 aliphatic carbocycles. The predicted molar refractivity (Wildman–Crippen MR) is 137 cm³/mol. The molecule has 3 atom stereocenters. The van der Waals surface area contributed by atoms with E-state index in [4.69, 9.17) is 0 Å². The van der Waals surface area contributed by atoms with Gasteiger partial charge in [-0.2, -0.15) is 0 Å². The number of allylic oxidation sites excluding steroid dienone is 1. The Kier molecular flexibility index (Phi) is 6.39. The van der Waals surface area contributed by atoms with Crippen molar-refractivity contribution in [3.63, 3.8) is 0 Å². The second kappa shape index (κ2) is 9.53. The van der Waals surface area contributed by atoms with Crippen LogP contribution in [0.15, 0.2) is 48.2 Å². The first kappa shape index (κ1) is 24.8. The van der Waals surface area contributed by atoms with E-state index in [-0.39, 0.29) is 42.6 Å². The summed E-state index contributed by atoms with van der Waals surface area (Å²) < 4.78 is 15.7.